The van der Waals surface area contributed by atoms with Gasteiger partial charge in [0.1, 0.15) is 18.1 Å². The first-order valence-electron chi connectivity index (χ1n) is 7.25. The molecule has 1 heterocycles. The van der Waals surface area contributed by atoms with Gasteiger partial charge in [0.05, 0.1) is 10.0 Å². The predicted octanol–water partition coefficient (Wildman–Crippen LogP) is 6.07. The third-order valence-corrected chi connectivity index (χ3v) is 4.25. The summed E-state index contributed by atoms with van der Waals surface area (Å²) in [5.74, 6) is 0.953. The molecule has 0 aliphatic heterocycles. The molecule has 0 saturated heterocycles. The number of rotatable bonds is 5. The SMILES string of the molecule is O=C(Nc1ccc(Cl)c(Cl)c1)c1ccc(COc2ccc(Cl)cc2)o1. The van der Waals surface area contributed by atoms with E-state index >= 15 is 0 Å². The van der Waals surface area contributed by atoms with Gasteiger partial charge in [-0.05, 0) is 54.6 Å². The zero-order valence-corrected chi connectivity index (χ0v) is 15.0. The molecular formula is C18H12Cl3NO3. The Labute approximate surface area is 159 Å². The monoisotopic (exact) mass is 395 g/mol. The standard InChI is InChI=1S/C18H12Cl3NO3/c19-11-1-4-13(5-2-11)24-10-14-6-8-17(25-14)18(23)22-12-3-7-15(20)16(21)9-12/h1-9H,10H2,(H,22,23). The number of amides is 1. The van der Waals surface area contributed by atoms with Crippen LogP contribution in [0, 0.1) is 0 Å². The van der Waals surface area contributed by atoms with Crippen molar-refractivity contribution in [3.05, 3.63) is 81.2 Å². The van der Waals surface area contributed by atoms with E-state index in [-0.39, 0.29) is 12.4 Å². The number of carbonyl (C=O) groups excluding carboxylic acids is 1. The van der Waals surface area contributed by atoms with Gasteiger partial charge in [-0.1, -0.05) is 34.8 Å². The maximum absolute atomic E-state index is 12.2. The third-order valence-electron chi connectivity index (χ3n) is 3.26. The molecule has 3 aromatic rings. The van der Waals surface area contributed by atoms with E-state index in [2.05, 4.69) is 5.32 Å². The summed E-state index contributed by atoms with van der Waals surface area (Å²) in [6, 6.07) is 15.0. The first kappa shape index (κ1) is 17.7. The van der Waals surface area contributed by atoms with E-state index in [4.69, 9.17) is 44.0 Å². The first-order valence-corrected chi connectivity index (χ1v) is 8.38. The molecule has 1 N–H and O–H groups in total. The maximum Gasteiger partial charge on any atom is 0.291 e. The molecule has 0 atom stereocenters. The molecule has 25 heavy (non-hydrogen) atoms. The Kier molecular flexibility index (Phi) is 5.53. The molecule has 0 spiro atoms. The van der Waals surface area contributed by atoms with Crippen LogP contribution in [0.4, 0.5) is 5.69 Å². The molecule has 0 radical (unpaired) electrons. The van der Waals surface area contributed by atoms with Gasteiger partial charge in [0, 0.05) is 10.7 Å². The Morgan fingerprint density at radius 3 is 2.44 bits per heavy atom. The van der Waals surface area contributed by atoms with Gasteiger partial charge < -0.3 is 14.5 Å². The largest absolute Gasteiger partial charge is 0.486 e. The van der Waals surface area contributed by atoms with Crippen molar-refractivity contribution in [1.29, 1.82) is 0 Å². The van der Waals surface area contributed by atoms with Crippen molar-refractivity contribution in [3.8, 4) is 5.75 Å². The summed E-state index contributed by atoms with van der Waals surface area (Å²) in [6.07, 6.45) is 0. The van der Waals surface area contributed by atoms with Gasteiger partial charge in [-0.15, -0.1) is 0 Å². The molecular weight excluding hydrogens is 385 g/mol. The predicted molar refractivity (Wildman–Crippen MR) is 98.9 cm³/mol. The zero-order valence-electron chi connectivity index (χ0n) is 12.8. The van der Waals surface area contributed by atoms with E-state index in [9.17, 15) is 4.79 Å². The lowest BCUT2D eigenvalue weighted by molar-refractivity contribution is 0.0992. The molecule has 0 bridgehead atoms. The molecule has 3 rings (SSSR count). The molecule has 2 aromatic carbocycles. The number of halogens is 3. The topological polar surface area (TPSA) is 51.5 Å². The molecule has 0 saturated carbocycles. The van der Waals surface area contributed by atoms with Crippen molar-refractivity contribution >= 4 is 46.4 Å². The Hall–Kier alpha value is -2.14. The molecule has 1 aromatic heterocycles. The summed E-state index contributed by atoms with van der Waals surface area (Å²) < 4.78 is 11.1. The van der Waals surface area contributed by atoms with Gasteiger partial charge >= 0.3 is 0 Å². The fraction of sp³-hybridized carbons (Fsp3) is 0.0556. The summed E-state index contributed by atoms with van der Waals surface area (Å²) in [5, 5.41) is 4.09. The van der Waals surface area contributed by atoms with Gasteiger partial charge in [-0.2, -0.15) is 0 Å². The summed E-state index contributed by atoms with van der Waals surface area (Å²) in [7, 11) is 0. The van der Waals surface area contributed by atoms with Gasteiger partial charge in [-0.25, -0.2) is 0 Å². The summed E-state index contributed by atoms with van der Waals surface area (Å²) in [4.78, 5) is 12.2. The molecule has 7 heteroatoms. The highest BCUT2D eigenvalue weighted by molar-refractivity contribution is 6.42. The smallest absolute Gasteiger partial charge is 0.291 e. The fourth-order valence-corrected chi connectivity index (χ4v) is 2.45. The lowest BCUT2D eigenvalue weighted by Crippen LogP contribution is -2.10. The number of benzene rings is 2. The van der Waals surface area contributed by atoms with E-state index in [1.807, 2.05) is 0 Å². The lowest BCUT2D eigenvalue weighted by Gasteiger charge is -2.05. The normalized spacial score (nSPS) is 10.5. The van der Waals surface area contributed by atoms with Crippen molar-refractivity contribution < 1.29 is 13.9 Å². The number of hydrogen-bond acceptors (Lipinski definition) is 3. The second kappa shape index (κ2) is 7.83. The number of hydrogen-bond donors (Lipinski definition) is 1. The molecule has 0 fully saturated rings. The van der Waals surface area contributed by atoms with Crippen molar-refractivity contribution in [1.82, 2.24) is 0 Å². The number of ether oxygens (including phenoxy) is 1. The summed E-state index contributed by atoms with van der Waals surface area (Å²) in [6.45, 7) is 0.196. The average Bonchev–Trinajstić information content (AvgIpc) is 3.07. The van der Waals surface area contributed by atoms with E-state index in [1.54, 1.807) is 54.6 Å². The van der Waals surface area contributed by atoms with Gasteiger partial charge in [0.25, 0.3) is 5.91 Å². The highest BCUT2D eigenvalue weighted by atomic mass is 35.5. The second-order valence-corrected chi connectivity index (χ2v) is 6.34. The number of nitrogens with one attached hydrogen (secondary N) is 1. The van der Waals surface area contributed by atoms with Crippen LogP contribution in [0.25, 0.3) is 0 Å². The summed E-state index contributed by atoms with van der Waals surface area (Å²) >= 11 is 17.6. The maximum atomic E-state index is 12.2. The molecule has 0 aliphatic carbocycles. The first-order chi connectivity index (χ1) is 12.0. The van der Waals surface area contributed by atoms with Crippen LogP contribution < -0.4 is 10.1 Å². The van der Waals surface area contributed by atoms with Crippen LogP contribution in [0.3, 0.4) is 0 Å². The minimum atomic E-state index is -0.392. The number of furan rings is 1. The number of carbonyl (C=O) groups is 1. The van der Waals surface area contributed by atoms with Crippen LogP contribution in [0.15, 0.2) is 59.0 Å². The molecule has 1 amide bonds. The highest BCUT2D eigenvalue weighted by Crippen LogP contribution is 2.25. The van der Waals surface area contributed by atoms with Crippen LogP contribution >= 0.6 is 34.8 Å². The van der Waals surface area contributed by atoms with E-state index in [0.29, 0.717) is 32.3 Å². The van der Waals surface area contributed by atoms with Crippen molar-refractivity contribution in [3.63, 3.8) is 0 Å². The van der Waals surface area contributed by atoms with Crippen LogP contribution in [0.1, 0.15) is 16.3 Å². The van der Waals surface area contributed by atoms with E-state index in [1.165, 1.54) is 0 Å². The van der Waals surface area contributed by atoms with Crippen LogP contribution in [0.5, 0.6) is 5.75 Å². The Morgan fingerprint density at radius 2 is 1.72 bits per heavy atom. The van der Waals surface area contributed by atoms with Crippen molar-refractivity contribution in [2.24, 2.45) is 0 Å². The minimum absolute atomic E-state index is 0.167. The van der Waals surface area contributed by atoms with E-state index < -0.39 is 5.91 Å². The van der Waals surface area contributed by atoms with Gasteiger partial charge in [-0.3, -0.25) is 4.79 Å². The Balaban J connectivity index is 1.61. The van der Waals surface area contributed by atoms with Crippen molar-refractivity contribution in [2.75, 3.05) is 5.32 Å². The lowest BCUT2D eigenvalue weighted by atomic mass is 10.3. The quantitative estimate of drug-likeness (QED) is 0.569. The van der Waals surface area contributed by atoms with Crippen LogP contribution in [-0.2, 0) is 6.61 Å². The highest BCUT2D eigenvalue weighted by Gasteiger charge is 2.12. The summed E-state index contributed by atoms with van der Waals surface area (Å²) in [5.41, 5.74) is 0.523. The number of anilines is 1. The second-order valence-electron chi connectivity index (χ2n) is 5.09. The van der Waals surface area contributed by atoms with Gasteiger partial charge in [0.2, 0.25) is 0 Å². The Bertz CT molecular complexity index is 891. The third kappa shape index (κ3) is 4.69. The molecule has 4 nitrogen and oxygen atoms in total. The molecule has 0 unspecified atom stereocenters. The Morgan fingerprint density at radius 1 is 0.960 bits per heavy atom. The molecule has 128 valence electrons. The molecule has 0 aliphatic rings. The average molecular weight is 397 g/mol. The fourth-order valence-electron chi connectivity index (χ4n) is 2.03. The zero-order chi connectivity index (χ0) is 17.8. The van der Waals surface area contributed by atoms with Crippen LogP contribution in [0.2, 0.25) is 15.1 Å². The van der Waals surface area contributed by atoms with Crippen LogP contribution in [-0.4, -0.2) is 5.91 Å². The van der Waals surface area contributed by atoms with Crippen molar-refractivity contribution in [2.45, 2.75) is 6.61 Å². The minimum Gasteiger partial charge on any atom is -0.486 e. The van der Waals surface area contributed by atoms with E-state index in [0.717, 1.165) is 0 Å². The van der Waals surface area contributed by atoms with Gasteiger partial charge in [0.15, 0.2) is 5.76 Å².